The van der Waals surface area contributed by atoms with E-state index < -0.39 is 10.0 Å². The number of benzene rings is 2. The molecule has 3 rings (SSSR count). The van der Waals surface area contributed by atoms with Crippen LogP contribution in [0.15, 0.2) is 54.6 Å². The van der Waals surface area contributed by atoms with Gasteiger partial charge in [-0.05, 0) is 42.7 Å². The molecule has 0 aliphatic carbocycles. The molecule has 0 radical (unpaired) electrons. The Balaban J connectivity index is 1.50. The molecule has 0 bridgehead atoms. The highest BCUT2D eigenvalue weighted by atomic mass is 35.5. The average molecular weight is 379 g/mol. The smallest absolute Gasteiger partial charge is 0.214 e. The van der Waals surface area contributed by atoms with E-state index in [1.165, 1.54) is 5.56 Å². The zero-order chi connectivity index (χ0) is 17.7. The summed E-state index contributed by atoms with van der Waals surface area (Å²) >= 11 is 5.92. The highest BCUT2D eigenvalue weighted by molar-refractivity contribution is 7.89. The van der Waals surface area contributed by atoms with Gasteiger partial charge in [-0.3, -0.25) is 0 Å². The highest BCUT2D eigenvalue weighted by Gasteiger charge is 2.26. The van der Waals surface area contributed by atoms with Crippen molar-refractivity contribution >= 4 is 27.3 Å². The summed E-state index contributed by atoms with van der Waals surface area (Å²) in [7, 11) is -3.18. The van der Waals surface area contributed by atoms with Gasteiger partial charge in [0.05, 0.1) is 5.75 Å². The maximum atomic E-state index is 12.6. The molecule has 134 valence electrons. The van der Waals surface area contributed by atoms with Crippen molar-refractivity contribution in [2.24, 2.45) is 0 Å². The van der Waals surface area contributed by atoms with Crippen molar-refractivity contribution in [3.8, 4) is 0 Å². The molecular weight excluding hydrogens is 356 g/mol. The van der Waals surface area contributed by atoms with Crippen LogP contribution in [0.1, 0.15) is 12.0 Å². The van der Waals surface area contributed by atoms with Gasteiger partial charge in [-0.2, -0.15) is 4.31 Å². The van der Waals surface area contributed by atoms with E-state index in [4.69, 9.17) is 11.6 Å². The van der Waals surface area contributed by atoms with E-state index in [-0.39, 0.29) is 5.75 Å². The number of rotatable bonds is 6. The quantitative estimate of drug-likeness (QED) is 0.773. The number of hydrogen-bond donors (Lipinski definition) is 0. The number of piperazine rings is 1. The predicted octanol–water partition coefficient (Wildman–Crippen LogP) is 3.42. The second kappa shape index (κ2) is 8.21. The van der Waals surface area contributed by atoms with E-state index >= 15 is 0 Å². The number of halogens is 1. The Morgan fingerprint density at radius 2 is 1.52 bits per heavy atom. The predicted molar refractivity (Wildman–Crippen MR) is 104 cm³/mol. The second-order valence-electron chi connectivity index (χ2n) is 6.27. The van der Waals surface area contributed by atoms with Gasteiger partial charge in [0.2, 0.25) is 10.0 Å². The Hall–Kier alpha value is -1.56. The first kappa shape index (κ1) is 18.2. The third-order valence-electron chi connectivity index (χ3n) is 4.53. The summed E-state index contributed by atoms with van der Waals surface area (Å²) in [4.78, 5) is 2.20. The summed E-state index contributed by atoms with van der Waals surface area (Å²) in [5.74, 6) is 0.211. The number of anilines is 1. The van der Waals surface area contributed by atoms with Gasteiger partial charge >= 0.3 is 0 Å². The molecule has 1 heterocycles. The lowest BCUT2D eigenvalue weighted by molar-refractivity contribution is 0.384. The van der Waals surface area contributed by atoms with Gasteiger partial charge in [0.25, 0.3) is 0 Å². The summed E-state index contributed by atoms with van der Waals surface area (Å²) < 4.78 is 26.7. The fourth-order valence-corrected chi connectivity index (χ4v) is 4.72. The van der Waals surface area contributed by atoms with E-state index in [2.05, 4.69) is 4.90 Å². The molecule has 1 aliphatic heterocycles. The molecule has 0 saturated carbocycles. The molecule has 6 heteroatoms. The van der Waals surface area contributed by atoms with Crippen LogP contribution >= 0.6 is 11.6 Å². The van der Waals surface area contributed by atoms with Crippen molar-refractivity contribution < 1.29 is 8.42 Å². The van der Waals surface area contributed by atoms with E-state index in [1.54, 1.807) is 4.31 Å². The van der Waals surface area contributed by atoms with Crippen molar-refractivity contribution in [2.45, 2.75) is 12.8 Å². The average Bonchev–Trinajstić information content (AvgIpc) is 2.63. The fourth-order valence-electron chi connectivity index (χ4n) is 3.11. The minimum absolute atomic E-state index is 0.211. The lowest BCUT2D eigenvalue weighted by Gasteiger charge is -2.35. The number of sulfonamides is 1. The van der Waals surface area contributed by atoms with Gasteiger partial charge in [0, 0.05) is 36.9 Å². The van der Waals surface area contributed by atoms with Crippen molar-refractivity contribution in [3.63, 3.8) is 0 Å². The Kier molecular flexibility index (Phi) is 5.99. The fraction of sp³-hybridized carbons (Fsp3) is 0.368. The first-order chi connectivity index (χ1) is 12.0. The van der Waals surface area contributed by atoms with Crippen LogP contribution in [0, 0.1) is 0 Å². The minimum Gasteiger partial charge on any atom is -0.369 e. The highest BCUT2D eigenvalue weighted by Crippen LogP contribution is 2.20. The van der Waals surface area contributed by atoms with E-state index in [9.17, 15) is 8.42 Å². The zero-order valence-electron chi connectivity index (χ0n) is 14.1. The maximum Gasteiger partial charge on any atom is 0.214 e. The van der Waals surface area contributed by atoms with Crippen molar-refractivity contribution in [2.75, 3.05) is 36.8 Å². The van der Waals surface area contributed by atoms with Gasteiger partial charge in [-0.15, -0.1) is 0 Å². The van der Waals surface area contributed by atoms with Gasteiger partial charge in [-0.1, -0.05) is 41.9 Å². The van der Waals surface area contributed by atoms with Crippen LogP contribution in [0.3, 0.4) is 0 Å². The third kappa shape index (κ3) is 4.97. The number of aryl methyl sites for hydroxylation is 1. The Morgan fingerprint density at radius 1 is 0.880 bits per heavy atom. The minimum atomic E-state index is -3.18. The third-order valence-corrected chi connectivity index (χ3v) is 6.74. The van der Waals surface area contributed by atoms with Gasteiger partial charge < -0.3 is 4.90 Å². The molecule has 0 amide bonds. The van der Waals surface area contributed by atoms with Crippen LogP contribution in [0.25, 0.3) is 0 Å². The largest absolute Gasteiger partial charge is 0.369 e. The lowest BCUT2D eigenvalue weighted by atomic mass is 10.1. The summed E-state index contributed by atoms with van der Waals surface area (Å²) in [5, 5.41) is 0.711. The summed E-state index contributed by atoms with van der Waals surface area (Å²) in [6, 6.07) is 17.7. The van der Waals surface area contributed by atoms with E-state index in [0.717, 1.165) is 12.1 Å². The van der Waals surface area contributed by atoms with E-state index in [0.29, 0.717) is 37.6 Å². The van der Waals surface area contributed by atoms with Crippen LogP contribution in [0.5, 0.6) is 0 Å². The topological polar surface area (TPSA) is 40.6 Å². The molecule has 0 spiro atoms. The molecule has 1 saturated heterocycles. The summed E-state index contributed by atoms with van der Waals surface area (Å²) in [5.41, 5.74) is 2.27. The Bertz CT molecular complexity index is 771. The van der Waals surface area contributed by atoms with Crippen LogP contribution in [0.4, 0.5) is 5.69 Å². The summed E-state index contributed by atoms with van der Waals surface area (Å²) in [6.07, 6.45) is 1.45. The van der Waals surface area contributed by atoms with Crippen molar-refractivity contribution in [1.82, 2.24) is 4.31 Å². The molecule has 2 aromatic rings. The van der Waals surface area contributed by atoms with Crippen molar-refractivity contribution in [1.29, 1.82) is 0 Å². The first-order valence-corrected chi connectivity index (χ1v) is 10.6. The van der Waals surface area contributed by atoms with Crippen LogP contribution in [-0.2, 0) is 16.4 Å². The summed E-state index contributed by atoms with van der Waals surface area (Å²) in [6.45, 7) is 2.49. The second-order valence-corrected chi connectivity index (χ2v) is 8.79. The van der Waals surface area contributed by atoms with Crippen LogP contribution < -0.4 is 4.90 Å². The van der Waals surface area contributed by atoms with Crippen LogP contribution in [0.2, 0.25) is 5.02 Å². The molecule has 4 nitrogen and oxygen atoms in total. The van der Waals surface area contributed by atoms with Gasteiger partial charge in [0.1, 0.15) is 0 Å². The Morgan fingerprint density at radius 3 is 2.16 bits per heavy atom. The molecule has 0 atom stereocenters. The molecule has 0 aromatic heterocycles. The first-order valence-electron chi connectivity index (χ1n) is 8.57. The Labute approximate surface area is 155 Å². The molecule has 2 aromatic carbocycles. The molecular formula is C19H23ClN2O2S. The van der Waals surface area contributed by atoms with Crippen molar-refractivity contribution in [3.05, 3.63) is 65.2 Å². The lowest BCUT2D eigenvalue weighted by Crippen LogP contribution is -2.49. The van der Waals surface area contributed by atoms with Gasteiger partial charge in [0.15, 0.2) is 0 Å². The molecule has 0 N–H and O–H groups in total. The van der Waals surface area contributed by atoms with Crippen LogP contribution in [-0.4, -0.2) is 44.7 Å². The van der Waals surface area contributed by atoms with Gasteiger partial charge in [-0.25, -0.2) is 8.42 Å². The van der Waals surface area contributed by atoms with E-state index in [1.807, 2.05) is 54.6 Å². The number of hydrogen-bond acceptors (Lipinski definition) is 3. The normalized spacial score (nSPS) is 16.1. The standard InChI is InChI=1S/C19H23ClN2O2S/c20-18-8-10-19(11-9-18)21-12-14-22(15-13-21)25(23,24)16-4-7-17-5-2-1-3-6-17/h1-3,5-6,8-11H,4,7,12-16H2. The molecule has 1 aliphatic rings. The molecule has 25 heavy (non-hydrogen) atoms. The number of nitrogens with zero attached hydrogens (tertiary/aromatic N) is 2. The monoisotopic (exact) mass is 378 g/mol. The maximum absolute atomic E-state index is 12.6. The zero-order valence-corrected chi connectivity index (χ0v) is 15.7. The molecule has 0 unspecified atom stereocenters. The molecule has 1 fully saturated rings. The SMILES string of the molecule is O=S(=O)(CCCc1ccccc1)N1CCN(c2ccc(Cl)cc2)CC1.